The first kappa shape index (κ1) is 23.6. The highest BCUT2D eigenvalue weighted by atomic mass is 16.6. The molecule has 31 heavy (non-hydrogen) atoms. The predicted octanol–water partition coefficient (Wildman–Crippen LogP) is 4.78. The Morgan fingerprint density at radius 1 is 1.19 bits per heavy atom. The Morgan fingerprint density at radius 3 is 2.65 bits per heavy atom. The number of hydrogen-bond donors (Lipinski definition) is 1. The van der Waals surface area contributed by atoms with E-state index in [9.17, 15) is 19.7 Å². The molecule has 0 fully saturated rings. The number of urea groups is 1. The maximum atomic E-state index is 12.4. The minimum Gasteiger partial charge on any atom is -0.466 e. The van der Waals surface area contributed by atoms with Crippen molar-refractivity contribution in [3.63, 3.8) is 0 Å². The Balaban J connectivity index is 2.28. The highest BCUT2D eigenvalue weighted by molar-refractivity contribution is 5.92. The number of ether oxygens (including phenoxy) is 1. The third-order valence-corrected chi connectivity index (χ3v) is 4.74. The summed E-state index contributed by atoms with van der Waals surface area (Å²) in [4.78, 5) is 36.3. The smallest absolute Gasteiger partial charge is 0.330 e. The average Bonchev–Trinajstić information content (AvgIpc) is 2.79. The minimum atomic E-state index is -0.546. The molecule has 0 unspecified atom stereocenters. The van der Waals surface area contributed by atoms with Gasteiger partial charge in [0.2, 0.25) is 0 Å². The maximum Gasteiger partial charge on any atom is 0.330 e. The molecule has 2 aromatic carbocycles. The van der Waals surface area contributed by atoms with Gasteiger partial charge in [0.25, 0.3) is 5.69 Å². The van der Waals surface area contributed by atoms with Crippen LogP contribution in [0.15, 0.2) is 48.5 Å². The molecule has 0 atom stereocenters. The number of carbonyl (C=O) groups excluding carboxylic acids is 2. The number of hydrogen-bond acceptors (Lipinski definition) is 5. The highest BCUT2D eigenvalue weighted by Crippen LogP contribution is 2.33. The van der Waals surface area contributed by atoms with Crippen LogP contribution < -0.4 is 10.2 Å². The number of benzene rings is 2. The number of amides is 2. The SMILES string of the molecule is CCCCCNC(=O)N(C)c1cccc(-c2ccc(C=CC(=O)OC)cc2[N+](=O)[O-])c1. The lowest BCUT2D eigenvalue weighted by atomic mass is 10.0. The largest absolute Gasteiger partial charge is 0.466 e. The summed E-state index contributed by atoms with van der Waals surface area (Å²) in [6.45, 7) is 2.70. The number of methoxy groups -OCH3 is 1. The van der Waals surface area contributed by atoms with Gasteiger partial charge in [0.15, 0.2) is 0 Å². The van der Waals surface area contributed by atoms with Crippen LogP contribution in [0.2, 0.25) is 0 Å². The summed E-state index contributed by atoms with van der Waals surface area (Å²) in [6.07, 6.45) is 5.69. The van der Waals surface area contributed by atoms with Gasteiger partial charge in [0.05, 0.1) is 17.6 Å². The molecule has 0 spiro atoms. The Labute approximate surface area is 181 Å². The molecular formula is C23H27N3O5. The molecule has 0 saturated carbocycles. The Hall–Kier alpha value is -3.68. The number of nitro groups is 1. The van der Waals surface area contributed by atoms with E-state index in [4.69, 9.17) is 0 Å². The molecule has 0 aliphatic heterocycles. The Morgan fingerprint density at radius 2 is 1.97 bits per heavy atom. The zero-order chi connectivity index (χ0) is 22.8. The molecule has 0 radical (unpaired) electrons. The van der Waals surface area contributed by atoms with Crippen LogP contribution in [-0.2, 0) is 9.53 Å². The van der Waals surface area contributed by atoms with Crippen molar-refractivity contribution in [3.05, 3.63) is 64.2 Å². The van der Waals surface area contributed by atoms with Gasteiger partial charge in [0, 0.05) is 31.4 Å². The molecule has 2 rings (SSSR count). The summed E-state index contributed by atoms with van der Waals surface area (Å²) in [5.41, 5.74) is 2.04. The van der Waals surface area contributed by atoms with Crippen molar-refractivity contribution in [1.29, 1.82) is 0 Å². The lowest BCUT2D eigenvalue weighted by molar-refractivity contribution is -0.384. The second-order valence-corrected chi connectivity index (χ2v) is 6.94. The van der Waals surface area contributed by atoms with E-state index >= 15 is 0 Å². The summed E-state index contributed by atoms with van der Waals surface area (Å²) >= 11 is 0. The van der Waals surface area contributed by atoms with Crippen molar-refractivity contribution in [2.45, 2.75) is 26.2 Å². The normalized spacial score (nSPS) is 10.7. The molecule has 0 heterocycles. The first-order valence-corrected chi connectivity index (χ1v) is 10.0. The van der Waals surface area contributed by atoms with Crippen molar-refractivity contribution < 1.29 is 19.2 Å². The van der Waals surface area contributed by atoms with Crippen LogP contribution in [0, 0.1) is 10.1 Å². The van der Waals surface area contributed by atoms with Crippen LogP contribution in [0.5, 0.6) is 0 Å². The van der Waals surface area contributed by atoms with E-state index in [2.05, 4.69) is 17.0 Å². The van der Waals surface area contributed by atoms with Crippen LogP contribution in [0.1, 0.15) is 31.7 Å². The monoisotopic (exact) mass is 425 g/mol. The second kappa shape index (κ2) is 11.5. The van der Waals surface area contributed by atoms with Gasteiger partial charge in [-0.1, -0.05) is 38.0 Å². The number of anilines is 1. The van der Waals surface area contributed by atoms with E-state index in [0.717, 1.165) is 19.3 Å². The lowest BCUT2D eigenvalue weighted by Crippen LogP contribution is -2.37. The number of nitro benzene ring substituents is 1. The van der Waals surface area contributed by atoms with Gasteiger partial charge in [0.1, 0.15) is 0 Å². The van der Waals surface area contributed by atoms with Gasteiger partial charge < -0.3 is 10.1 Å². The Bertz CT molecular complexity index is 971. The van der Waals surface area contributed by atoms with E-state index in [0.29, 0.717) is 28.9 Å². The van der Waals surface area contributed by atoms with Gasteiger partial charge in [-0.25, -0.2) is 9.59 Å². The maximum absolute atomic E-state index is 12.4. The fourth-order valence-corrected chi connectivity index (χ4v) is 2.97. The van der Waals surface area contributed by atoms with Crippen LogP contribution in [0.3, 0.4) is 0 Å². The fraction of sp³-hybridized carbons (Fsp3) is 0.304. The number of esters is 1. The summed E-state index contributed by atoms with van der Waals surface area (Å²) in [5.74, 6) is -0.546. The summed E-state index contributed by atoms with van der Waals surface area (Å²) in [6, 6.07) is 11.5. The molecule has 1 N–H and O–H groups in total. The molecule has 0 bridgehead atoms. The summed E-state index contributed by atoms with van der Waals surface area (Å²) < 4.78 is 4.54. The van der Waals surface area contributed by atoms with Crippen molar-refractivity contribution in [2.24, 2.45) is 0 Å². The van der Waals surface area contributed by atoms with Gasteiger partial charge >= 0.3 is 12.0 Å². The number of nitrogens with one attached hydrogen (secondary N) is 1. The molecule has 0 saturated heterocycles. The van der Waals surface area contributed by atoms with E-state index in [1.807, 2.05) is 0 Å². The molecular weight excluding hydrogens is 398 g/mol. The zero-order valence-electron chi connectivity index (χ0n) is 18.0. The van der Waals surface area contributed by atoms with E-state index in [1.165, 1.54) is 30.2 Å². The quantitative estimate of drug-likeness (QED) is 0.205. The Kier molecular flexibility index (Phi) is 8.75. The number of rotatable bonds is 9. The lowest BCUT2D eigenvalue weighted by Gasteiger charge is -2.19. The third kappa shape index (κ3) is 6.67. The van der Waals surface area contributed by atoms with E-state index in [1.54, 1.807) is 43.4 Å². The zero-order valence-corrected chi connectivity index (χ0v) is 18.0. The third-order valence-electron chi connectivity index (χ3n) is 4.74. The molecule has 0 aliphatic rings. The standard InChI is InChI=1S/C23H27N3O5/c1-4-5-6-14-24-23(28)25(2)19-9-7-8-18(16-19)20-12-10-17(11-13-22(27)31-3)15-21(20)26(29)30/h7-13,15-16H,4-6,14H2,1-3H3,(H,24,28). The highest BCUT2D eigenvalue weighted by Gasteiger charge is 2.18. The van der Waals surface area contributed by atoms with Gasteiger partial charge in [-0.2, -0.15) is 0 Å². The summed E-state index contributed by atoms with van der Waals surface area (Å²) in [7, 11) is 2.91. The van der Waals surface area contributed by atoms with Crippen molar-refractivity contribution in [3.8, 4) is 11.1 Å². The summed E-state index contributed by atoms with van der Waals surface area (Å²) in [5, 5.41) is 14.5. The molecule has 0 aliphatic carbocycles. The van der Waals surface area contributed by atoms with Gasteiger partial charge in [-0.05, 0) is 41.8 Å². The van der Waals surface area contributed by atoms with Crippen molar-refractivity contribution >= 4 is 29.5 Å². The minimum absolute atomic E-state index is 0.101. The molecule has 8 heteroatoms. The van der Waals surface area contributed by atoms with Crippen LogP contribution in [0.4, 0.5) is 16.2 Å². The van der Waals surface area contributed by atoms with Crippen molar-refractivity contribution in [1.82, 2.24) is 5.32 Å². The molecule has 2 aromatic rings. The first-order chi connectivity index (χ1) is 14.9. The van der Waals surface area contributed by atoms with E-state index < -0.39 is 10.9 Å². The van der Waals surface area contributed by atoms with Crippen LogP contribution in [-0.4, -0.2) is 37.6 Å². The van der Waals surface area contributed by atoms with Crippen molar-refractivity contribution in [2.75, 3.05) is 25.6 Å². The van der Waals surface area contributed by atoms with Gasteiger partial charge in [-0.15, -0.1) is 0 Å². The van der Waals surface area contributed by atoms with Crippen LogP contribution >= 0.6 is 0 Å². The van der Waals surface area contributed by atoms with Gasteiger partial charge in [-0.3, -0.25) is 15.0 Å². The number of nitrogens with zero attached hydrogens (tertiary/aromatic N) is 2. The van der Waals surface area contributed by atoms with E-state index in [-0.39, 0.29) is 11.7 Å². The number of carbonyl (C=O) groups is 2. The molecule has 8 nitrogen and oxygen atoms in total. The first-order valence-electron chi connectivity index (χ1n) is 10.0. The second-order valence-electron chi connectivity index (χ2n) is 6.94. The van der Waals surface area contributed by atoms with Crippen LogP contribution in [0.25, 0.3) is 17.2 Å². The number of unbranched alkanes of at least 4 members (excludes halogenated alkanes) is 2. The molecule has 164 valence electrons. The molecule has 0 aromatic heterocycles. The molecule has 2 amide bonds. The average molecular weight is 425 g/mol. The topological polar surface area (TPSA) is 102 Å². The fourth-order valence-electron chi connectivity index (χ4n) is 2.97. The predicted molar refractivity (Wildman–Crippen MR) is 121 cm³/mol.